The largest absolute Gasteiger partial charge is 0.309 e. The van der Waals surface area contributed by atoms with E-state index in [0.717, 1.165) is 0 Å². The van der Waals surface area contributed by atoms with Crippen LogP contribution in [0.5, 0.6) is 0 Å². The molecular formula is C13H31N. The lowest BCUT2D eigenvalue weighted by molar-refractivity contribution is 0.162. The van der Waals surface area contributed by atoms with Crippen molar-refractivity contribution in [3.8, 4) is 0 Å². The lowest BCUT2D eigenvalue weighted by atomic mass is 9.76. The first-order valence-corrected chi connectivity index (χ1v) is 5.77. The molecule has 0 rings (SSSR count). The fourth-order valence-corrected chi connectivity index (χ4v) is 2.35. The van der Waals surface area contributed by atoms with Gasteiger partial charge >= 0.3 is 0 Å². The van der Waals surface area contributed by atoms with Crippen molar-refractivity contribution in [3.05, 3.63) is 0 Å². The minimum Gasteiger partial charge on any atom is -0.309 e. The predicted octanol–water partition coefficient (Wildman–Crippen LogP) is 4.04. The molecule has 0 aliphatic rings. The van der Waals surface area contributed by atoms with Crippen LogP contribution < -0.4 is 0 Å². The van der Waals surface area contributed by atoms with E-state index in [4.69, 9.17) is 0 Å². The van der Waals surface area contributed by atoms with Crippen molar-refractivity contribution in [3.63, 3.8) is 0 Å². The Hall–Kier alpha value is -0.0400. The van der Waals surface area contributed by atoms with E-state index in [0.29, 0.717) is 10.8 Å². The van der Waals surface area contributed by atoms with Gasteiger partial charge in [0.25, 0.3) is 0 Å². The van der Waals surface area contributed by atoms with Crippen LogP contribution in [0.2, 0.25) is 0 Å². The molecule has 0 aliphatic heterocycles. The zero-order chi connectivity index (χ0) is 12.0. The van der Waals surface area contributed by atoms with Gasteiger partial charge in [0.1, 0.15) is 0 Å². The highest BCUT2D eigenvalue weighted by atomic mass is 15.1. The zero-order valence-electron chi connectivity index (χ0n) is 11.9. The molecule has 0 bridgehead atoms. The molecule has 14 heavy (non-hydrogen) atoms. The first kappa shape index (κ1) is 16.4. The van der Waals surface area contributed by atoms with Gasteiger partial charge in [-0.1, -0.05) is 48.5 Å². The number of rotatable bonds is 3. The summed E-state index contributed by atoms with van der Waals surface area (Å²) in [6.45, 7) is 16.8. The molecule has 0 saturated carbocycles. The maximum Gasteiger partial charge on any atom is 0.00268 e. The minimum atomic E-state index is 0.432. The molecule has 0 radical (unpaired) electrons. The SMILES string of the molecule is CC.CN(C)CC(C)(C)CC(C)(C)C. The first-order valence-electron chi connectivity index (χ1n) is 5.77. The summed E-state index contributed by atoms with van der Waals surface area (Å²) in [4.78, 5) is 2.27. The monoisotopic (exact) mass is 201 g/mol. The summed E-state index contributed by atoms with van der Waals surface area (Å²) in [5, 5.41) is 0. The van der Waals surface area contributed by atoms with Crippen LogP contribution in [0.15, 0.2) is 0 Å². The first-order chi connectivity index (χ1) is 6.12. The molecule has 0 amide bonds. The van der Waals surface area contributed by atoms with Crippen molar-refractivity contribution >= 4 is 0 Å². The molecule has 0 atom stereocenters. The van der Waals surface area contributed by atoms with Gasteiger partial charge in [-0.15, -0.1) is 0 Å². The van der Waals surface area contributed by atoms with Gasteiger partial charge in [0.05, 0.1) is 0 Å². The summed E-state index contributed by atoms with van der Waals surface area (Å²) in [6.07, 6.45) is 1.28. The van der Waals surface area contributed by atoms with Gasteiger partial charge in [-0.3, -0.25) is 0 Å². The molecule has 0 unspecified atom stereocenters. The molecule has 1 heteroatoms. The van der Waals surface area contributed by atoms with Crippen LogP contribution in [0.1, 0.15) is 54.9 Å². The normalized spacial score (nSPS) is 12.4. The molecular weight excluding hydrogens is 170 g/mol. The third kappa shape index (κ3) is 12.0. The molecule has 0 saturated heterocycles. The summed E-state index contributed by atoms with van der Waals surface area (Å²) in [7, 11) is 4.29. The molecule has 0 heterocycles. The van der Waals surface area contributed by atoms with Gasteiger partial charge in [-0.25, -0.2) is 0 Å². The Balaban J connectivity index is 0. The smallest absolute Gasteiger partial charge is 0.00268 e. The van der Waals surface area contributed by atoms with Gasteiger partial charge in [0.15, 0.2) is 0 Å². The lowest BCUT2D eigenvalue weighted by Crippen LogP contribution is -2.32. The van der Waals surface area contributed by atoms with E-state index in [9.17, 15) is 0 Å². The van der Waals surface area contributed by atoms with Crippen LogP contribution in [0, 0.1) is 10.8 Å². The summed E-state index contributed by atoms with van der Waals surface area (Å²) in [5.41, 5.74) is 0.876. The third-order valence-electron chi connectivity index (χ3n) is 1.75. The molecule has 1 nitrogen and oxygen atoms in total. The minimum absolute atomic E-state index is 0.432. The average Bonchev–Trinajstić information content (AvgIpc) is 1.82. The van der Waals surface area contributed by atoms with E-state index >= 15 is 0 Å². The molecule has 0 aromatic heterocycles. The highest BCUT2D eigenvalue weighted by Crippen LogP contribution is 2.33. The van der Waals surface area contributed by atoms with Gasteiger partial charge in [0, 0.05) is 6.54 Å². The maximum absolute atomic E-state index is 2.35. The molecule has 0 spiro atoms. The van der Waals surface area contributed by atoms with Crippen molar-refractivity contribution < 1.29 is 0 Å². The van der Waals surface area contributed by atoms with E-state index in [1.165, 1.54) is 13.0 Å². The average molecular weight is 201 g/mol. The van der Waals surface area contributed by atoms with Crippen molar-refractivity contribution in [2.75, 3.05) is 20.6 Å². The topological polar surface area (TPSA) is 3.24 Å². The van der Waals surface area contributed by atoms with E-state index in [1.54, 1.807) is 0 Å². The highest BCUT2D eigenvalue weighted by molar-refractivity contribution is 4.77. The molecule has 0 aliphatic carbocycles. The van der Waals surface area contributed by atoms with Crippen molar-refractivity contribution in [2.45, 2.75) is 54.9 Å². The second-order valence-corrected chi connectivity index (χ2v) is 6.14. The summed E-state index contributed by atoms with van der Waals surface area (Å²) in [5.74, 6) is 0. The molecule has 0 aromatic carbocycles. The van der Waals surface area contributed by atoms with Crippen molar-refractivity contribution in [2.24, 2.45) is 10.8 Å². The molecule has 0 aromatic rings. The molecule has 0 fully saturated rings. The Kier molecular flexibility index (Phi) is 7.55. The van der Waals surface area contributed by atoms with Crippen LogP contribution in [-0.2, 0) is 0 Å². The van der Waals surface area contributed by atoms with E-state index in [-0.39, 0.29) is 0 Å². The summed E-state index contributed by atoms with van der Waals surface area (Å²) >= 11 is 0. The lowest BCUT2D eigenvalue weighted by Gasteiger charge is -2.34. The Morgan fingerprint density at radius 1 is 0.857 bits per heavy atom. The highest BCUT2D eigenvalue weighted by Gasteiger charge is 2.25. The predicted molar refractivity (Wildman–Crippen MR) is 67.8 cm³/mol. The third-order valence-corrected chi connectivity index (χ3v) is 1.75. The van der Waals surface area contributed by atoms with Crippen LogP contribution in [0.4, 0.5) is 0 Å². The molecule has 0 N–H and O–H groups in total. The van der Waals surface area contributed by atoms with Gasteiger partial charge in [-0.05, 0) is 31.3 Å². The van der Waals surface area contributed by atoms with E-state index in [1.807, 2.05) is 13.8 Å². The Morgan fingerprint density at radius 3 is 1.43 bits per heavy atom. The van der Waals surface area contributed by atoms with Gasteiger partial charge in [0.2, 0.25) is 0 Å². The fraction of sp³-hybridized carbons (Fsp3) is 1.00. The zero-order valence-corrected chi connectivity index (χ0v) is 11.9. The number of hydrogen-bond acceptors (Lipinski definition) is 1. The fourth-order valence-electron chi connectivity index (χ4n) is 2.35. The summed E-state index contributed by atoms with van der Waals surface area (Å²) < 4.78 is 0. The second-order valence-electron chi connectivity index (χ2n) is 6.14. The van der Waals surface area contributed by atoms with Crippen LogP contribution in [0.25, 0.3) is 0 Å². The molecule has 88 valence electrons. The standard InChI is InChI=1S/C11H25N.C2H6/c1-10(2,3)8-11(4,5)9-12(6)7;1-2/h8-9H2,1-7H3;1-2H3. The maximum atomic E-state index is 2.35. The van der Waals surface area contributed by atoms with Crippen LogP contribution >= 0.6 is 0 Å². The van der Waals surface area contributed by atoms with Crippen LogP contribution in [0.3, 0.4) is 0 Å². The van der Waals surface area contributed by atoms with Gasteiger partial charge in [-0.2, -0.15) is 0 Å². The Bertz CT molecular complexity index is 129. The second kappa shape index (κ2) is 6.44. The number of nitrogens with zero attached hydrogens (tertiary/aromatic N) is 1. The van der Waals surface area contributed by atoms with E-state index in [2.05, 4.69) is 53.6 Å². The van der Waals surface area contributed by atoms with Gasteiger partial charge < -0.3 is 4.90 Å². The van der Waals surface area contributed by atoms with Crippen LogP contribution in [-0.4, -0.2) is 25.5 Å². The summed E-state index contributed by atoms with van der Waals surface area (Å²) in [6, 6.07) is 0. The Labute approximate surface area is 91.9 Å². The van der Waals surface area contributed by atoms with Crippen molar-refractivity contribution in [1.29, 1.82) is 0 Å². The Morgan fingerprint density at radius 2 is 1.21 bits per heavy atom. The van der Waals surface area contributed by atoms with Crippen molar-refractivity contribution in [1.82, 2.24) is 4.90 Å². The quantitative estimate of drug-likeness (QED) is 0.666. The van der Waals surface area contributed by atoms with E-state index < -0.39 is 0 Å². The number of hydrogen-bond donors (Lipinski definition) is 0.